The van der Waals surface area contributed by atoms with Gasteiger partial charge in [-0.05, 0) is 11.5 Å². The molecule has 0 bridgehead atoms. The number of aryl methyl sites for hydroxylation is 1. The van der Waals surface area contributed by atoms with Gasteiger partial charge >= 0.3 is 5.69 Å². The van der Waals surface area contributed by atoms with Crippen molar-refractivity contribution in [3.8, 4) is 0 Å². The minimum atomic E-state index is -0.509. The van der Waals surface area contributed by atoms with Crippen LogP contribution in [0.15, 0.2) is 42.7 Å². The number of carbonyl (C=O) groups excluding carboxylic acids is 1. The van der Waals surface area contributed by atoms with Gasteiger partial charge in [0.1, 0.15) is 12.4 Å². The number of hydrogen-bond donors (Lipinski definition) is 1. The summed E-state index contributed by atoms with van der Waals surface area (Å²) in [5.74, 6) is 0.136. The number of aromatic nitrogens is 2. The SMILES string of the molecule is C[C@@H](CNC(=O)CCn1cc([N+](=O)[O-])cn1)c1ccccc1. The van der Waals surface area contributed by atoms with Crippen LogP contribution >= 0.6 is 0 Å². The van der Waals surface area contributed by atoms with Crippen LogP contribution in [0.3, 0.4) is 0 Å². The molecule has 116 valence electrons. The van der Waals surface area contributed by atoms with Crippen LogP contribution in [0.4, 0.5) is 5.69 Å². The highest BCUT2D eigenvalue weighted by atomic mass is 16.6. The van der Waals surface area contributed by atoms with Crippen molar-refractivity contribution >= 4 is 11.6 Å². The molecule has 0 aliphatic rings. The summed E-state index contributed by atoms with van der Waals surface area (Å²) in [6.45, 7) is 2.92. The summed E-state index contributed by atoms with van der Waals surface area (Å²) in [4.78, 5) is 21.8. The summed E-state index contributed by atoms with van der Waals surface area (Å²) in [5, 5.41) is 17.3. The number of rotatable bonds is 7. The molecule has 1 heterocycles. The Hall–Kier alpha value is -2.70. The number of benzene rings is 1. The predicted molar refractivity (Wildman–Crippen MR) is 81.4 cm³/mol. The van der Waals surface area contributed by atoms with Crippen LogP contribution in [0.5, 0.6) is 0 Å². The zero-order valence-corrected chi connectivity index (χ0v) is 12.3. The largest absolute Gasteiger partial charge is 0.355 e. The molecule has 2 aromatic rings. The summed E-state index contributed by atoms with van der Waals surface area (Å²) in [5.41, 5.74) is 1.10. The van der Waals surface area contributed by atoms with E-state index in [1.54, 1.807) is 0 Å². The van der Waals surface area contributed by atoms with E-state index in [0.717, 1.165) is 0 Å². The lowest BCUT2D eigenvalue weighted by Gasteiger charge is -2.13. The van der Waals surface area contributed by atoms with Gasteiger partial charge in [0.15, 0.2) is 0 Å². The molecular weight excluding hydrogens is 284 g/mol. The van der Waals surface area contributed by atoms with E-state index in [-0.39, 0.29) is 23.9 Å². The molecule has 0 aliphatic heterocycles. The highest BCUT2D eigenvalue weighted by Gasteiger charge is 2.11. The molecule has 0 spiro atoms. The van der Waals surface area contributed by atoms with Gasteiger partial charge in [-0.3, -0.25) is 19.6 Å². The molecule has 22 heavy (non-hydrogen) atoms. The Balaban J connectivity index is 1.75. The van der Waals surface area contributed by atoms with Crippen molar-refractivity contribution < 1.29 is 9.72 Å². The Morgan fingerprint density at radius 2 is 2.14 bits per heavy atom. The lowest BCUT2D eigenvalue weighted by atomic mass is 10.0. The van der Waals surface area contributed by atoms with E-state index in [2.05, 4.69) is 10.4 Å². The third-order valence-electron chi connectivity index (χ3n) is 3.37. The maximum atomic E-state index is 11.8. The van der Waals surface area contributed by atoms with Crippen molar-refractivity contribution in [2.45, 2.75) is 25.8 Å². The standard InChI is InChI=1S/C15H18N4O3/c1-12(13-5-3-2-4-6-13)9-16-15(20)7-8-18-11-14(10-17-18)19(21)22/h2-6,10-12H,7-9H2,1H3,(H,16,20)/t12-/m0/s1. The second kappa shape index (κ2) is 7.35. The van der Waals surface area contributed by atoms with Crippen molar-refractivity contribution in [1.29, 1.82) is 0 Å². The lowest BCUT2D eigenvalue weighted by Crippen LogP contribution is -2.28. The van der Waals surface area contributed by atoms with Crippen molar-refractivity contribution in [2.24, 2.45) is 0 Å². The van der Waals surface area contributed by atoms with Gasteiger partial charge in [-0.1, -0.05) is 37.3 Å². The van der Waals surface area contributed by atoms with Crippen molar-refractivity contribution in [2.75, 3.05) is 6.54 Å². The summed E-state index contributed by atoms with van der Waals surface area (Å²) in [6, 6.07) is 9.95. The maximum absolute atomic E-state index is 11.8. The van der Waals surface area contributed by atoms with Crippen LogP contribution in [0, 0.1) is 10.1 Å². The number of hydrogen-bond acceptors (Lipinski definition) is 4. The highest BCUT2D eigenvalue weighted by molar-refractivity contribution is 5.75. The first-order chi connectivity index (χ1) is 10.6. The van der Waals surface area contributed by atoms with Gasteiger partial charge in [0.2, 0.25) is 5.91 Å². The minimum absolute atomic E-state index is 0.0712. The van der Waals surface area contributed by atoms with Gasteiger partial charge in [0.05, 0.1) is 4.92 Å². The van der Waals surface area contributed by atoms with Crippen molar-refractivity contribution in [1.82, 2.24) is 15.1 Å². The zero-order valence-electron chi connectivity index (χ0n) is 12.3. The Kier molecular flexibility index (Phi) is 5.24. The summed E-state index contributed by atoms with van der Waals surface area (Å²) >= 11 is 0. The summed E-state index contributed by atoms with van der Waals surface area (Å²) < 4.78 is 1.40. The van der Waals surface area contributed by atoms with Crippen LogP contribution in [-0.4, -0.2) is 27.2 Å². The van der Waals surface area contributed by atoms with E-state index in [1.807, 2.05) is 37.3 Å². The number of nitro groups is 1. The van der Waals surface area contributed by atoms with Gasteiger partial charge in [0.25, 0.3) is 0 Å². The maximum Gasteiger partial charge on any atom is 0.306 e. The molecule has 1 aromatic heterocycles. The fraction of sp³-hybridized carbons (Fsp3) is 0.333. The smallest absolute Gasteiger partial charge is 0.306 e. The molecule has 0 fully saturated rings. The first kappa shape index (κ1) is 15.7. The molecule has 2 rings (SSSR count). The molecule has 0 saturated heterocycles. The number of nitrogens with one attached hydrogen (secondary N) is 1. The van der Waals surface area contributed by atoms with Gasteiger partial charge in [-0.25, -0.2) is 0 Å². The Morgan fingerprint density at radius 1 is 1.41 bits per heavy atom. The molecule has 7 nitrogen and oxygen atoms in total. The second-order valence-electron chi connectivity index (χ2n) is 5.08. The Morgan fingerprint density at radius 3 is 2.77 bits per heavy atom. The van der Waals surface area contributed by atoms with E-state index in [4.69, 9.17) is 0 Å². The third kappa shape index (κ3) is 4.41. The Labute approximate surface area is 128 Å². The highest BCUT2D eigenvalue weighted by Crippen LogP contribution is 2.13. The topological polar surface area (TPSA) is 90.1 Å². The van der Waals surface area contributed by atoms with Gasteiger partial charge < -0.3 is 5.32 Å². The molecular formula is C15H18N4O3. The Bertz CT molecular complexity index is 639. The van der Waals surface area contributed by atoms with E-state index in [0.29, 0.717) is 13.1 Å². The average molecular weight is 302 g/mol. The number of amides is 1. The molecule has 0 unspecified atom stereocenters. The fourth-order valence-electron chi connectivity index (χ4n) is 2.04. The predicted octanol–water partition coefficient (Wildman–Crippen LogP) is 2.10. The molecule has 1 atom stereocenters. The third-order valence-corrected chi connectivity index (χ3v) is 3.37. The average Bonchev–Trinajstić information content (AvgIpc) is 3.00. The van der Waals surface area contributed by atoms with E-state index in [1.165, 1.54) is 22.6 Å². The van der Waals surface area contributed by atoms with Crippen molar-refractivity contribution in [3.05, 3.63) is 58.4 Å². The first-order valence-electron chi connectivity index (χ1n) is 7.04. The van der Waals surface area contributed by atoms with E-state index >= 15 is 0 Å². The van der Waals surface area contributed by atoms with E-state index in [9.17, 15) is 14.9 Å². The number of carbonyl (C=O) groups is 1. The molecule has 7 heteroatoms. The normalized spacial score (nSPS) is 11.9. The van der Waals surface area contributed by atoms with Gasteiger partial charge in [0, 0.05) is 19.5 Å². The molecule has 0 saturated carbocycles. The summed E-state index contributed by atoms with van der Waals surface area (Å²) in [7, 11) is 0. The quantitative estimate of drug-likeness (QED) is 0.626. The molecule has 0 radical (unpaired) electrons. The zero-order chi connectivity index (χ0) is 15.9. The molecule has 1 aromatic carbocycles. The monoisotopic (exact) mass is 302 g/mol. The van der Waals surface area contributed by atoms with Crippen LogP contribution < -0.4 is 5.32 Å². The van der Waals surface area contributed by atoms with Crippen LogP contribution in [0.1, 0.15) is 24.8 Å². The number of nitrogens with zero attached hydrogens (tertiary/aromatic N) is 3. The fourth-order valence-corrected chi connectivity index (χ4v) is 2.04. The lowest BCUT2D eigenvalue weighted by molar-refractivity contribution is -0.385. The van der Waals surface area contributed by atoms with Crippen LogP contribution in [0.2, 0.25) is 0 Å². The van der Waals surface area contributed by atoms with E-state index < -0.39 is 4.92 Å². The van der Waals surface area contributed by atoms with Gasteiger partial charge in [-0.2, -0.15) is 5.10 Å². The van der Waals surface area contributed by atoms with Crippen LogP contribution in [0.25, 0.3) is 0 Å². The second-order valence-corrected chi connectivity index (χ2v) is 5.08. The van der Waals surface area contributed by atoms with Crippen molar-refractivity contribution in [3.63, 3.8) is 0 Å². The minimum Gasteiger partial charge on any atom is -0.355 e. The van der Waals surface area contributed by atoms with Crippen LogP contribution in [-0.2, 0) is 11.3 Å². The molecule has 1 N–H and O–H groups in total. The molecule has 0 aliphatic carbocycles. The first-order valence-corrected chi connectivity index (χ1v) is 7.04. The van der Waals surface area contributed by atoms with Gasteiger partial charge in [-0.15, -0.1) is 0 Å². The summed E-state index contributed by atoms with van der Waals surface area (Å²) in [6.07, 6.45) is 2.73. The molecule has 1 amide bonds.